The minimum atomic E-state index is -0.774. The number of nitrogen functional groups attached to an aromatic ring is 1. The van der Waals surface area contributed by atoms with Gasteiger partial charge in [0, 0.05) is 22.8 Å². The van der Waals surface area contributed by atoms with E-state index in [1.54, 1.807) is 60.7 Å². The van der Waals surface area contributed by atoms with E-state index in [1.807, 2.05) is 19.1 Å². The van der Waals surface area contributed by atoms with Crippen LogP contribution in [0.25, 0.3) is 0 Å². The summed E-state index contributed by atoms with van der Waals surface area (Å²) in [4.78, 5) is 30.9. The van der Waals surface area contributed by atoms with Gasteiger partial charge in [0.25, 0.3) is 0 Å². The Hall–Kier alpha value is -3.67. The lowest BCUT2D eigenvalue weighted by molar-refractivity contribution is -0.134. The van der Waals surface area contributed by atoms with Crippen molar-refractivity contribution in [3.8, 4) is 0 Å². The molecule has 2 amide bonds. The number of carbonyl (C=O) groups is 2. The van der Waals surface area contributed by atoms with Crippen LogP contribution in [0.15, 0.2) is 72.8 Å². The molecule has 6 heteroatoms. The molecule has 0 aliphatic heterocycles. The van der Waals surface area contributed by atoms with Gasteiger partial charge in [-0.05, 0) is 55.5 Å². The number of anilines is 4. The first-order chi connectivity index (χ1) is 12.5. The number of carbonyl (C=O) groups excluding carboxylic acids is 2. The SMILES string of the molecule is Cc1cccc(NC(=O)C(=O)N(c2ccccc2)c2ccc(N)cc2)n1. The number of hydrogen-bond acceptors (Lipinski definition) is 4. The lowest BCUT2D eigenvalue weighted by atomic mass is 10.2. The first-order valence-electron chi connectivity index (χ1n) is 8.04. The number of nitrogens with zero attached hydrogens (tertiary/aromatic N) is 2. The molecule has 0 saturated carbocycles. The van der Waals surface area contributed by atoms with E-state index in [9.17, 15) is 9.59 Å². The standard InChI is InChI=1S/C20H18N4O2/c1-14-6-5-9-18(22-14)23-19(25)20(26)24(16-7-3-2-4-8-16)17-12-10-15(21)11-13-17/h2-13H,21H2,1H3,(H,22,23,25). The monoisotopic (exact) mass is 346 g/mol. The zero-order valence-corrected chi connectivity index (χ0v) is 14.2. The molecule has 130 valence electrons. The Kier molecular flexibility index (Phi) is 4.94. The second kappa shape index (κ2) is 7.48. The number of hydrogen-bond donors (Lipinski definition) is 2. The van der Waals surface area contributed by atoms with Crippen molar-refractivity contribution in [2.45, 2.75) is 6.92 Å². The van der Waals surface area contributed by atoms with E-state index in [1.165, 1.54) is 4.90 Å². The summed E-state index contributed by atoms with van der Waals surface area (Å²) in [6, 6.07) is 20.9. The molecule has 2 aromatic carbocycles. The Morgan fingerprint density at radius 2 is 1.54 bits per heavy atom. The van der Waals surface area contributed by atoms with Crippen LogP contribution in [-0.4, -0.2) is 16.8 Å². The fraction of sp³-hybridized carbons (Fsp3) is 0.0500. The number of benzene rings is 2. The van der Waals surface area contributed by atoms with Crippen molar-refractivity contribution < 1.29 is 9.59 Å². The molecule has 3 aromatic rings. The van der Waals surface area contributed by atoms with Gasteiger partial charge in [0.2, 0.25) is 0 Å². The molecule has 0 bridgehead atoms. The molecule has 0 unspecified atom stereocenters. The highest BCUT2D eigenvalue weighted by atomic mass is 16.2. The predicted molar refractivity (Wildman–Crippen MR) is 102 cm³/mol. The van der Waals surface area contributed by atoms with Crippen LogP contribution in [0.3, 0.4) is 0 Å². The molecule has 6 nitrogen and oxygen atoms in total. The molecule has 0 atom stereocenters. The van der Waals surface area contributed by atoms with Crippen LogP contribution in [0.5, 0.6) is 0 Å². The zero-order valence-electron chi connectivity index (χ0n) is 14.2. The van der Waals surface area contributed by atoms with Gasteiger partial charge in [0.05, 0.1) is 0 Å². The van der Waals surface area contributed by atoms with Gasteiger partial charge in [-0.1, -0.05) is 24.3 Å². The smallest absolute Gasteiger partial charge is 0.321 e. The molecule has 26 heavy (non-hydrogen) atoms. The maximum atomic E-state index is 12.9. The lowest BCUT2D eigenvalue weighted by Gasteiger charge is -2.22. The highest BCUT2D eigenvalue weighted by Crippen LogP contribution is 2.26. The summed E-state index contributed by atoms with van der Waals surface area (Å²) in [7, 11) is 0. The van der Waals surface area contributed by atoms with E-state index in [4.69, 9.17) is 5.73 Å². The molecule has 3 N–H and O–H groups in total. The van der Waals surface area contributed by atoms with E-state index in [0.29, 0.717) is 22.9 Å². The number of amides is 2. The topological polar surface area (TPSA) is 88.3 Å². The summed E-state index contributed by atoms with van der Waals surface area (Å²) in [6.45, 7) is 1.81. The second-order valence-electron chi connectivity index (χ2n) is 5.69. The van der Waals surface area contributed by atoms with E-state index >= 15 is 0 Å². The van der Waals surface area contributed by atoms with Crippen molar-refractivity contribution in [2.24, 2.45) is 0 Å². The summed E-state index contributed by atoms with van der Waals surface area (Å²) in [6.07, 6.45) is 0. The average molecular weight is 346 g/mol. The van der Waals surface area contributed by atoms with E-state index in [0.717, 1.165) is 5.69 Å². The van der Waals surface area contributed by atoms with Gasteiger partial charge in [-0.25, -0.2) is 4.98 Å². The van der Waals surface area contributed by atoms with Gasteiger partial charge >= 0.3 is 11.8 Å². The Morgan fingerprint density at radius 1 is 0.885 bits per heavy atom. The Morgan fingerprint density at radius 3 is 2.19 bits per heavy atom. The number of aromatic nitrogens is 1. The number of nitrogens with two attached hydrogens (primary N) is 1. The number of pyridine rings is 1. The van der Waals surface area contributed by atoms with Crippen LogP contribution in [0.1, 0.15) is 5.69 Å². The number of para-hydroxylation sites is 1. The minimum Gasteiger partial charge on any atom is -0.399 e. The van der Waals surface area contributed by atoms with Crippen LogP contribution in [-0.2, 0) is 9.59 Å². The molecule has 1 aromatic heterocycles. The molecule has 1 heterocycles. The molecular weight excluding hydrogens is 328 g/mol. The van der Waals surface area contributed by atoms with Crippen LogP contribution in [0.4, 0.5) is 22.9 Å². The summed E-state index contributed by atoms with van der Waals surface area (Å²) in [5.41, 5.74) is 8.17. The minimum absolute atomic E-state index is 0.327. The molecular formula is C20H18N4O2. The predicted octanol–water partition coefficient (Wildman–Crippen LogP) is 3.28. The highest BCUT2D eigenvalue weighted by molar-refractivity contribution is 6.45. The normalized spacial score (nSPS) is 10.2. The highest BCUT2D eigenvalue weighted by Gasteiger charge is 2.25. The third kappa shape index (κ3) is 3.87. The lowest BCUT2D eigenvalue weighted by Crippen LogP contribution is -2.37. The van der Waals surface area contributed by atoms with Crippen molar-refractivity contribution in [3.05, 3.63) is 78.5 Å². The molecule has 0 spiro atoms. The fourth-order valence-electron chi connectivity index (χ4n) is 2.47. The first-order valence-corrected chi connectivity index (χ1v) is 8.04. The van der Waals surface area contributed by atoms with Crippen molar-refractivity contribution in [2.75, 3.05) is 16.0 Å². The first kappa shape index (κ1) is 17.2. The van der Waals surface area contributed by atoms with E-state index < -0.39 is 11.8 Å². The maximum Gasteiger partial charge on any atom is 0.321 e. The Labute approximate surface area is 151 Å². The van der Waals surface area contributed by atoms with Gasteiger partial charge in [-0.2, -0.15) is 0 Å². The van der Waals surface area contributed by atoms with Gasteiger partial charge in [0.15, 0.2) is 0 Å². The maximum absolute atomic E-state index is 12.9. The van der Waals surface area contributed by atoms with Crippen LogP contribution >= 0.6 is 0 Å². The second-order valence-corrected chi connectivity index (χ2v) is 5.69. The van der Waals surface area contributed by atoms with Crippen molar-refractivity contribution >= 4 is 34.7 Å². The summed E-state index contributed by atoms with van der Waals surface area (Å²) in [5, 5.41) is 2.55. The number of rotatable bonds is 3. The molecule has 3 rings (SSSR count). The molecule has 0 aliphatic carbocycles. The van der Waals surface area contributed by atoms with Crippen LogP contribution < -0.4 is 16.0 Å². The number of aryl methyl sites for hydroxylation is 1. The largest absolute Gasteiger partial charge is 0.399 e. The molecule has 0 fully saturated rings. The molecule has 0 radical (unpaired) electrons. The van der Waals surface area contributed by atoms with Crippen molar-refractivity contribution in [1.82, 2.24) is 4.98 Å². The van der Waals surface area contributed by atoms with Gasteiger partial charge in [-0.15, -0.1) is 0 Å². The zero-order chi connectivity index (χ0) is 18.5. The fourth-order valence-corrected chi connectivity index (χ4v) is 2.47. The van der Waals surface area contributed by atoms with E-state index in [-0.39, 0.29) is 0 Å². The van der Waals surface area contributed by atoms with Gasteiger partial charge in [0.1, 0.15) is 5.82 Å². The molecule has 0 aliphatic rings. The third-order valence-corrected chi connectivity index (χ3v) is 3.69. The summed E-state index contributed by atoms with van der Waals surface area (Å²) in [5.74, 6) is -1.17. The Balaban J connectivity index is 1.92. The van der Waals surface area contributed by atoms with Crippen molar-refractivity contribution in [1.29, 1.82) is 0 Å². The summed E-state index contributed by atoms with van der Waals surface area (Å²) >= 11 is 0. The summed E-state index contributed by atoms with van der Waals surface area (Å²) < 4.78 is 0. The Bertz CT molecular complexity index is 924. The average Bonchev–Trinajstić information content (AvgIpc) is 2.64. The third-order valence-electron chi connectivity index (χ3n) is 3.69. The van der Waals surface area contributed by atoms with Gasteiger partial charge < -0.3 is 11.1 Å². The molecule has 0 saturated heterocycles. The van der Waals surface area contributed by atoms with Crippen LogP contribution in [0, 0.1) is 6.92 Å². The van der Waals surface area contributed by atoms with Crippen LogP contribution in [0.2, 0.25) is 0 Å². The van der Waals surface area contributed by atoms with Crippen molar-refractivity contribution in [3.63, 3.8) is 0 Å². The van der Waals surface area contributed by atoms with Gasteiger partial charge in [-0.3, -0.25) is 14.5 Å². The quantitative estimate of drug-likeness (QED) is 0.563. The number of nitrogens with one attached hydrogen (secondary N) is 1. The van der Waals surface area contributed by atoms with E-state index in [2.05, 4.69) is 10.3 Å².